The summed E-state index contributed by atoms with van der Waals surface area (Å²) in [6, 6.07) is 2.65. The summed E-state index contributed by atoms with van der Waals surface area (Å²) in [5.74, 6) is 0.960. The molecule has 3 atom stereocenters. The van der Waals surface area contributed by atoms with Crippen LogP contribution in [0.5, 0.6) is 0 Å². The van der Waals surface area contributed by atoms with Gasteiger partial charge in [0, 0.05) is 63.9 Å². The smallest absolute Gasteiger partial charge is 0.191 e. The summed E-state index contributed by atoms with van der Waals surface area (Å²) in [5.41, 5.74) is 0. The Balaban J connectivity index is 0.00000208. The van der Waals surface area contributed by atoms with Crippen LogP contribution in [0.1, 0.15) is 26.2 Å². The van der Waals surface area contributed by atoms with Gasteiger partial charge >= 0.3 is 0 Å². The van der Waals surface area contributed by atoms with E-state index in [-0.39, 0.29) is 24.0 Å². The minimum absolute atomic E-state index is 0. The largest absolute Gasteiger partial charge is 0.355 e. The third-order valence-electron chi connectivity index (χ3n) is 5.69. The highest BCUT2D eigenvalue weighted by atomic mass is 127. The molecule has 3 aliphatic rings. The first-order chi connectivity index (χ1) is 11.1. The fraction of sp³-hybridized carbons (Fsp3) is 0.941. The van der Waals surface area contributed by atoms with Gasteiger partial charge in [-0.1, -0.05) is 0 Å². The van der Waals surface area contributed by atoms with Crippen molar-refractivity contribution < 1.29 is 0 Å². The summed E-state index contributed by atoms with van der Waals surface area (Å²) in [6.45, 7) is 7.91. The zero-order valence-corrected chi connectivity index (χ0v) is 18.0. The molecule has 6 nitrogen and oxygen atoms in total. The van der Waals surface area contributed by atoms with Crippen LogP contribution < -0.4 is 10.6 Å². The van der Waals surface area contributed by atoms with Gasteiger partial charge in [-0.05, 0) is 40.3 Å². The van der Waals surface area contributed by atoms with Crippen LogP contribution in [-0.4, -0.2) is 98.7 Å². The van der Waals surface area contributed by atoms with E-state index in [0.29, 0.717) is 18.1 Å². The number of aliphatic imine (C=N–C) groups is 1. The summed E-state index contributed by atoms with van der Waals surface area (Å²) in [6.07, 6.45) is 4.01. The molecule has 7 heteroatoms. The van der Waals surface area contributed by atoms with Crippen LogP contribution in [0.25, 0.3) is 0 Å². The van der Waals surface area contributed by atoms with E-state index in [9.17, 15) is 0 Å². The normalized spacial score (nSPS) is 33.3. The molecule has 0 radical (unpaired) electrons. The first kappa shape index (κ1) is 20.2. The third kappa shape index (κ3) is 5.19. The lowest BCUT2D eigenvalue weighted by molar-refractivity contribution is 0.116. The maximum Gasteiger partial charge on any atom is 0.191 e. The topological polar surface area (TPSA) is 46.1 Å². The number of hydrogen-bond donors (Lipinski definition) is 2. The summed E-state index contributed by atoms with van der Waals surface area (Å²) in [5, 5.41) is 7.18. The van der Waals surface area contributed by atoms with E-state index in [4.69, 9.17) is 0 Å². The molecule has 1 aliphatic carbocycles. The molecule has 2 saturated heterocycles. The minimum Gasteiger partial charge on any atom is -0.355 e. The standard InChI is InChI=1S/C17H34N6.HI/c1-13-9-14(11-23(13)15-5-6-15)20-17(18-2)19-10-16-12-21(3)7-8-22(16)4;/h13-16H,5-12H2,1-4H3,(H2,18,19,20);1H. The first-order valence-corrected chi connectivity index (χ1v) is 9.18. The monoisotopic (exact) mass is 450 g/mol. The Morgan fingerprint density at radius 1 is 1.17 bits per heavy atom. The van der Waals surface area contributed by atoms with Gasteiger partial charge in [0.15, 0.2) is 5.96 Å². The lowest BCUT2D eigenvalue weighted by Crippen LogP contribution is -2.56. The molecule has 3 fully saturated rings. The zero-order valence-electron chi connectivity index (χ0n) is 15.7. The van der Waals surface area contributed by atoms with Crippen molar-refractivity contribution >= 4 is 29.9 Å². The number of nitrogens with zero attached hydrogens (tertiary/aromatic N) is 4. The second-order valence-corrected chi connectivity index (χ2v) is 7.70. The summed E-state index contributed by atoms with van der Waals surface area (Å²) in [7, 11) is 6.31. The highest BCUT2D eigenvalue weighted by Gasteiger charge is 2.38. The predicted octanol–water partition coefficient (Wildman–Crippen LogP) is 0.640. The summed E-state index contributed by atoms with van der Waals surface area (Å²) >= 11 is 0. The highest BCUT2D eigenvalue weighted by Crippen LogP contribution is 2.33. The molecule has 0 spiro atoms. The van der Waals surface area contributed by atoms with Crippen molar-refractivity contribution in [3.8, 4) is 0 Å². The van der Waals surface area contributed by atoms with E-state index in [1.54, 1.807) is 0 Å². The molecule has 3 unspecified atom stereocenters. The Labute approximate surface area is 164 Å². The number of nitrogens with one attached hydrogen (secondary N) is 2. The predicted molar refractivity (Wildman–Crippen MR) is 111 cm³/mol. The molecular formula is C17H35IN6. The Hall–Kier alpha value is -0.120. The van der Waals surface area contributed by atoms with Crippen LogP contribution in [-0.2, 0) is 0 Å². The fourth-order valence-corrected chi connectivity index (χ4v) is 4.00. The maximum atomic E-state index is 4.43. The lowest BCUT2D eigenvalue weighted by atomic mass is 10.2. The second kappa shape index (κ2) is 9.00. The first-order valence-electron chi connectivity index (χ1n) is 9.18. The lowest BCUT2D eigenvalue weighted by Gasteiger charge is -2.38. The molecule has 3 rings (SSSR count). The molecule has 0 aromatic heterocycles. The van der Waals surface area contributed by atoms with Gasteiger partial charge in [-0.3, -0.25) is 14.8 Å². The SMILES string of the molecule is CN=C(NCC1CN(C)CCN1C)NC1CC(C)N(C2CC2)C1.I. The minimum atomic E-state index is 0. The van der Waals surface area contributed by atoms with Crippen LogP contribution in [0.3, 0.4) is 0 Å². The number of hydrogen-bond acceptors (Lipinski definition) is 4. The van der Waals surface area contributed by atoms with E-state index in [1.165, 1.54) is 25.8 Å². The molecular weight excluding hydrogens is 415 g/mol. The Bertz CT molecular complexity index is 427. The number of guanidine groups is 1. The third-order valence-corrected chi connectivity index (χ3v) is 5.69. The average Bonchev–Trinajstić information content (AvgIpc) is 3.30. The molecule has 140 valence electrons. The van der Waals surface area contributed by atoms with E-state index in [0.717, 1.165) is 38.2 Å². The number of rotatable bonds is 4. The van der Waals surface area contributed by atoms with Gasteiger partial charge in [-0.25, -0.2) is 0 Å². The molecule has 2 heterocycles. The van der Waals surface area contributed by atoms with Crippen molar-refractivity contribution in [1.29, 1.82) is 0 Å². The van der Waals surface area contributed by atoms with Gasteiger partial charge in [0.05, 0.1) is 0 Å². The van der Waals surface area contributed by atoms with Gasteiger partial charge in [-0.2, -0.15) is 0 Å². The number of likely N-dealkylation sites (tertiary alicyclic amines) is 1. The number of piperazine rings is 1. The molecule has 2 aliphatic heterocycles. The van der Waals surface area contributed by atoms with Gasteiger partial charge in [-0.15, -0.1) is 24.0 Å². The van der Waals surface area contributed by atoms with Gasteiger partial charge in [0.1, 0.15) is 0 Å². The Kier molecular flexibility index (Phi) is 7.58. The highest BCUT2D eigenvalue weighted by molar-refractivity contribution is 14.0. The van der Waals surface area contributed by atoms with Crippen LogP contribution in [0.2, 0.25) is 0 Å². The Morgan fingerprint density at radius 2 is 1.92 bits per heavy atom. The van der Waals surface area contributed by atoms with Gasteiger partial charge in [0.25, 0.3) is 0 Å². The number of halogens is 1. The quantitative estimate of drug-likeness (QED) is 0.374. The van der Waals surface area contributed by atoms with Crippen LogP contribution in [0.15, 0.2) is 4.99 Å². The molecule has 0 aromatic carbocycles. The van der Waals surface area contributed by atoms with E-state index in [2.05, 4.69) is 51.3 Å². The average molecular weight is 450 g/mol. The maximum absolute atomic E-state index is 4.43. The molecule has 24 heavy (non-hydrogen) atoms. The van der Waals surface area contributed by atoms with E-state index < -0.39 is 0 Å². The van der Waals surface area contributed by atoms with Crippen LogP contribution >= 0.6 is 24.0 Å². The molecule has 0 bridgehead atoms. The van der Waals surface area contributed by atoms with Gasteiger partial charge < -0.3 is 15.5 Å². The van der Waals surface area contributed by atoms with Crippen molar-refractivity contribution in [2.75, 3.05) is 53.9 Å². The molecule has 1 saturated carbocycles. The van der Waals surface area contributed by atoms with Crippen molar-refractivity contribution in [2.24, 2.45) is 4.99 Å². The zero-order chi connectivity index (χ0) is 16.4. The molecule has 2 N–H and O–H groups in total. The van der Waals surface area contributed by atoms with E-state index >= 15 is 0 Å². The van der Waals surface area contributed by atoms with Crippen molar-refractivity contribution in [2.45, 2.75) is 50.4 Å². The Morgan fingerprint density at radius 3 is 2.58 bits per heavy atom. The van der Waals surface area contributed by atoms with Crippen LogP contribution in [0, 0.1) is 0 Å². The molecule has 0 amide bonds. The van der Waals surface area contributed by atoms with E-state index in [1.807, 2.05) is 7.05 Å². The van der Waals surface area contributed by atoms with Crippen molar-refractivity contribution in [3.05, 3.63) is 0 Å². The van der Waals surface area contributed by atoms with Crippen molar-refractivity contribution in [3.63, 3.8) is 0 Å². The second-order valence-electron chi connectivity index (χ2n) is 7.70. The molecule has 0 aromatic rings. The van der Waals surface area contributed by atoms with Gasteiger partial charge in [0.2, 0.25) is 0 Å². The number of likely N-dealkylation sites (N-methyl/N-ethyl adjacent to an activating group) is 2. The fourth-order valence-electron chi connectivity index (χ4n) is 4.00. The van der Waals surface area contributed by atoms with Crippen molar-refractivity contribution in [1.82, 2.24) is 25.3 Å². The van der Waals surface area contributed by atoms with Crippen LogP contribution in [0.4, 0.5) is 0 Å². The summed E-state index contributed by atoms with van der Waals surface area (Å²) in [4.78, 5) is 12.0. The summed E-state index contributed by atoms with van der Waals surface area (Å²) < 4.78 is 0.